The Kier molecular flexibility index (Phi) is 4.11. The van der Waals surface area contributed by atoms with Crippen LogP contribution in [0.2, 0.25) is 0 Å². The van der Waals surface area contributed by atoms with Crippen LogP contribution in [-0.4, -0.2) is 33.4 Å². The molecule has 0 radical (unpaired) electrons. The molecular formula is C20H21N3O3. The highest BCUT2D eigenvalue weighted by Gasteiger charge is 2.40. The largest absolute Gasteiger partial charge is 0.350 e. The summed E-state index contributed by atoms with van der Waals surface area (Å²) in [5.74, 6) is -1.11. The van der Waals surface area contributed by atoms with Gasteiger partial charge in [0.05, 0.1) is 0 Å². The Balaban J connectivity index is 1.74. The third-order valence-corrected chi connectivity index (χ3v) is 5.30. The van der Waals surface area contributed by atoms with E-state index in [2.05, 4.69) is 5.32 Å². The van der Waals surface area contributed by atoms with Gasteiger partial charge in [0.2, 0.25) is 0 Å². The Morgan fingerprint density at radius 3 is 2.58 bits per heavy atom. The molecule has 4 amide bonds. The summed E-state index contributed by atoms with van der Waals surface area (Å²) in [5.41, 5.74) is 1.83. The lowest BCUT2D eigenvalue weighted by molar-refractivity contribution is -0.132. The number of aromatic nitrogens is 1. The summed E-state index contributed by atoms with van der Waals surface area (Å²) < 4.78 is 1.96. The standard InChI is InChI=1S/C20H21N3O3/c1-22-12-13(15-9-5-6-10-17(15)22)11-16-18(24)21-20(26)23(19(16)25)14-7-3-2-4-8-14/h5-6,9-12,14H,2-4,7-8H2,1H3,(H,21,24,26). The predicted molar refractivity (Wildman–Crippen MR) is 98.2 cm³/mol. The molecule has 2 heterocycles. The molecule has 1 aliphatic heterocycles. The molecule has 6 nitrogen and oxygen atoms in total. The molecule has 1 aliphatic carbocycles. The van der Waals surface area contributed by atoms with Gasteiger partial charge in [-0.2, -0.15) is 0 Å². The van der Waals surface area contributed by atoms with E-state index in [0.29, 0.717) is 0 Å². The fourth-order valence-electron chi connectivity index (χ4n) is 3.99. The molecule has 134 valence electrons. The van der Waals surface area contributed by atoms with Gasteiger partial charge in [-0.1, -0.05) is 37.5 Å². The smallest absolute Gasteiger partial charge is 0.331 e. The van der Waals surface area contributed by atoms with Crippen molar-refractivity contribution in [2.45, 2.75) is 38.1 Å². The number of carbonyl (C=O) groups excluding carboxylic acids is 3. The maximum absolute atomic E-state index is 13.0. The number of hydrogen-bond donors (Lipinski definition) is 1. The van der Waals surface area contributed by atoms with Crippen LogP contribution in [0.5, 0.6) is 0 Å². The summed E-state index contributed by atoms with van der Waals surface area (Å²) >= 11 is 0. The molecule has 2 aromatic rings. The normalized spacial score (nSPS) is 20.9. The lowest BCUT2D eigenvalue weighted by atomic mass is 9.93. The minimum atomic E-state index is -0.625. The fourth-order valence-corrected chi connectivity index (χ4v) is 3.99. The summed E-state index contributed by atoms with van der Waals surface area (Å²) in [6, 6.07) is 7.09. The van der Waals surface area contributed by atoms with Crippen LogP contribution in [0.25, 0.3) is 17.0 Å². The van der Waals surface area contributed by atoms with Gasteiger partial charge in [0.15, 0.2) is 0 Å². The maximum Gasteiger partial charge on any atom is 0.331 e. The zero-order chi connectivity index (χ0) is 18.3. The highest BCUT2D eigenvalue weighted by atomic mass is 16.2. The first-order valence-electron chi connectivity index (χ1n) is 9.01. The number of nitrogens with zero attached hydrogens (tertiary/aromatic N) is 2. The molecule has 1 saturated carbocycles. The van der Waals surface area contributed by atoms with Crippen LogP contribution < -0.4 is 5.32 Å². The van der Waals surface area contributed by atoms with Gasteiger partial charge in [0, 0.05) is 35.8 Å². The highest BCUT2D eigenvalue weighted by molar-refractivity contribution is 6.31. The molecule has 26 heavy (non-hydrogen) atoms. The van der Waals surface area contributed by atoms with Gasteiger partial charge >= 0.3 is 6.03 Å². The van der Waals surface area contributed by atoms with Gasteiger partial charge < -0.3 is 4.57 Å². The number of fused-ring (bicyclic) bond motifs is 1. The van der Waals surface area contributed by atoms with Crippen molar-refractivity contribution in [1.82, 2.24) is 14.8 Å². The first-order chi connectivity index (χ1) is 12.6. The number of aryl methyl sites for hydroxylation is 1. The molecule has 0 atom stereocenters. The Morgan fingerprint density at radius 1 is 1.08 bits per heavy atom. The highest BCUT2D eigenvalue weighted by Crippen LogP contribution is 2.28. The second-order valence-corrected chi connectivity index (χ2v) is 7.00. The number of carbonyl (C=O) groups is 3. The van der Waals surface area contributed by atoms with Crippen molar-refractivity contribution >= 4 is 34.8 Å². The zero-order valence-corrected chi connectivity index (χ0v) is 14.7. The Hall–Kier alpha value is -2.89. The molecule has 4 rings (SSSR count). The van der Waals surface area contributed by atoms with Gasteiger partial charge in [0.25, 0.3) is 11.8 Å². The third kappa shape index (κ3) is 2.71. The van der Waals surface area contributed by atoms with Crippen molar-refractivity contribution in [2.24, 2.45) is 7.05 Å². The molecule has 1 saturated heterocycles. The van der Waals surface area contributed by atoms with Crippen molar-refractivity contribution in [3.8, 4) is 0 Å². The van der Waals surface area contributed by atoms with E-state index in [4.69, 9.17) is 0 Å². The van der Waals surface area contributed by atoms with Gasteiger partial charge in [-0.05, 0) is 25.0 Å². The van der Waals surface area contributed by atoms with Crippen LogP contribution >= 0.6 is 0 Å². The van der Waals surface area contributed by atoms with Gasteiger partial charge in [-0.15, -0.1) is 0 Å². The van der Waals surface area contributed by atoms with Crippen LogP contribution in [0.1, 0.15) is 37.7 Å². The molecule has 0 bridgehead atoms. The molecule has 1 aromatic carbocycles. The van der Waals surface area contributed by atoms with Crippen LogP contribution in [0, 0.1) is 0 Å². The molecule has 0 spiro atoms. The summed E-state index contributed by atoms with van der Waals surface area (Å²) in [4.78, 5) is 38.8. The average molecular weight is 351 g/mol. The number of para-hydroxylation sites is 1. The minimum Gasteiger partial charge on any atom is -0.350 e. The van der Waals surface area contributed by atoms with Crippen molar-refractivity contribution in [3.05, 3.63) is 41.6 Å². The van der Waals surface area contributed by atoms with Gasteiger partial charge in [0.1, 0.15) is 5.57 Å². The van der Waals surface area contributed by atoms with E-state index in [1.54, 1.807) is 6.08 Å². The van der Waals surface area contributed by atoms with Gasteiger partial charge in [-0.3, -0.25) is 19.8 Å². The van der Waals surface area contributed by atoms with E-state index in [1.165, 1.54) is 4.90 Å². The zero-order valence-electron chi connectivity index (χ0n) is 14.7. The average Bonchev–Trinajstić information content (AvgIpc) is 2.96. The molecular weight excluding hydrogens is 330 g/mol. The van der Waals surface area contributed by atoms with Crippen molar-refractivity contribution in [1.29, 1.82) is 0 Å². The van der Waals surface area contributed by atoms with E-state index in [1.807, 2.05) is 42.1 Å². The monoisotopic (exact) mass is 351 g/mol. The topological polar surface area (TPSA) is 71.4 Å². The van der Waals surface area contributed by atoms with Crippen LogP contribution in [0.3, 0.4) is 0 Å². The summed E-state index contributed by atoms with van der Waals surface area (Å²) in [6.45, 7) is 0. The number of benzene rings is 1. The number of rotatable bonds is 2. The Morgan fingerprint density at radius 2 is 1.81 bits per heavy atom. The number of imide groups is 2. The van der Waals surface area contributed by atoms with E-state index in [-0.39, 0.29) is 11.6 Å². The first-order valence-corrected chi connectivity index (χ1v) is 9.01. The van der Waals surface area contributed by atoms with Gasteiger partial charge in [-0.25, -0.2) is 4.79 Å². The molecule has 6 heteroatoms. The van der Waals surface area contributed by atoms with E-state index in [9.17, 15) is 14.4 Å². The van der Waals surface area contributed by atoms with Crippen molar-refractivity contribution in [3.63, 3.8) is 0 Å². The predicted octanol–water partition coefficient (Wildman–Crippen LogP) is 2.97. The van der Waals surface area contributed by atoms with E-state index >= 15 is 0 Å². The van der Waals surface area contributed by atoms with E-state index < -0.39 is 17.8 Å². The number of hydrogen-bond acceptors (Lipinski definition) is 3. The third-order valence-electron chi connectivity index (χ3n) is 5.30. The lowest BCUT2D eigenvalue weighted by Gasteiger charge is -2.35. The van der Waals surface area contributed by atoms with Crippen molar-refractivity contribution in [2.75, 3.05) is 0 Å². The summed E-state index contributed by atoms with van der Waals surface area (Å²) in [6.07, 6.45) is 8.21. The fraction of sp³-hybridized carbons (Fsp3) is 0.350. The number of nitrogens with one attached hydrogen (secondary N) is 1. The van der Waals surface area contributed by atoms with Crippen LogP contribution in [0.4, 0.5) is 4.79 Å². The first kappa shape index (κ1) is 16.6. The quantitative estimate of drug-likeness (QED) is 0.668. The molecule has 2 aliphatic rings. The number of barbiturate groups is 1. The second-order valence-electron chi connectivity index (χ2n) is 7.00. The van der Waals surface area contributed by atoms with Crippen LogP contribution in [-0.2, 0) is 16.6 Å². The summed E-state index contributed by atoms with van der Waals surface area (Å²) in [7, 11) is 1.92. The SMILES string of the molecule is Cn1cc(C=C2C(=O)NC(=O)N(C3CCCCC3)C2=O)c2ccccc21. The molecule has 0 unspecified atom stereocenters. The Labute approximate surface area is 151 Å². The van der Waals surface area contributed by atoms with Crippen LogP contribution in [0.15, 0.2) is 36.0 Å². The Bertz CT molecular complexity index is 935. The number of urea groups is 1. The molecule has 1 N–H and O–H groups in total. The van der Waals surface area contributed by atoms with Crippen molar-refractivity contribution < 1.29 is 14.4 Å². The number of amides is 4. The van der Waals surface area contributed by atoms with E-state index in [0.717, 1.165) is 48.6 Å². The lowest BCUT2D eigenvalue weighted by Crippen LogP contribution is -2.58. The minimum absolute atomic E-state index is 0.0199. The second kappa shape index (κ2) is 6.44. The summed E-state index contributed by atoms with van der Waals surface area (Å²) in [5, 5.41) is 3.30. The molecule has 2 fully saturated rings. The molecule has 1 aromatic heterocycles. The maximum atomic E-state index is 13.0.